The van der Waals surface area contributed by atoms with Crippen LogP contribution in [0.2, 0.25) is 0 Å². The zero-order chi connectivity index (χ0) is 40.8. The maximum absolute atomic E-state index is 5.55. The summed E-state index contributed by atoms with van der Waals surface area (Å²) < 4.78 is 13.5. The Morgan fingerprint density at radius 3 is 1.44 bits per heavy atom. The van der Waals surface area contributed by atoms with Crippen LogP contribution in [0.15, 0.2) is 170 Å². The van der Waals surface area contributed by atoms with Gasteiger partial charge in [-0.1, -0.05) is 69.3 Å². The molecule has 0 aliphatic heterocycles. The Balaban J connectivity index is 1.27. The molecule has 1 heterocycles. The summed E-state index contributed by atoms with van der Waals surface area (Å²) in [6.07, 6.45) is 0. The highest BCUT2D eigenvalue weighted by molar-refractivity contribution is 6.14. The highest BCUT2D eigenvalue weighted by Crippen LogP contribution is 2.43. The Kier molecular flexibility index (Phi) is 9.60. The molecule has 0 saturated heterocycles. The monoisotopic (exact) mass is 771 g/mol. The average molecular weight is 772 g/mol. The number of nitrogens with zero attached hydrogens (tertiary/aromatic N) is 3. The molecular weight excluding hydrogens is 723 g/mol. The predicted octanol–water partition coefficient (Wildman–Crippen LogP) is 14.8. The fourth-order valence-corrected chi connectivity index (χ4v) is 8.29. The molecule has 0 radical (unpaired) electrons. The number of ether oxygens (including phenoxy) is 2. The van der Waals surface area contributed by atoms with E-state index in [0.717, 1.165) is 67.7 Å². The van der Waals surface area contributed by atoms with Crippen molar-refractivity contribution in [3.63, 3.8) is 0 Å². The first-order valence-electron chi connectivity index (χ1n) is 20.2. The molecule has 0 atom stereocenters. The summed E-state index contributed by atoms with van der Waals surface area (Å²) in [5.74, 6) is 1.66. The van der Waals surface area contributed by atoms with Crippen molar-refractivity contribution < 1.29 is 9.47 Å². The summed E-state index contributed by atoms with van der Waals surface area (Å²) in [6.45, 7) is 11.1. The van der Waals surface area contributed by atoms with Crippen molar-refractivity contribution in [3.05, 3.63) is 187 Å². The Morgan fingerprint density at radius 1 is 0.424 bits per heavy atom. The molecule has 0 aliphatic rings. The van der Waals surface area contributed by atoms with E-state index >= 15 is 0 Å². The number of anilines is 6. The van der Waals surface area contributed by atoms with Crippen LogP contribution in [0, 0.1) is 13.8 Å². The molecule has 0 bridgehead atoms. The Bertz CT molecular complexity index is 2960. The van der Waals surface area contributed by atoms with Gasteiger partial charge >= 0.3 is 0 Å². The van der Waals surface area contributed by atoms with E-state index in [1.54, 1.807) is 14.2 Å². The van der Waals surface area contributed by atoms with Gasteiger partial charge in [-0.15, -0.1) is 0 Å². The van der Waals surface area contributed by atoms with Crippen LogP contribution in [-0.4, -0.2) is 18.8 Å². The quantitative estimate of drug-likeness (QED) is 0.146. The summed E-state index contributed by atoms with van der Waals surface area (Å²) in [6, 6.07) is 61.5. The summed E-state index contributed by atoms with van der Waals surface area (Å²) >= 11 is 0. The average Bonchev–Trinajstić information content (AvgIpc) is 3.55. The van der Waals surface area contributed by atoms with Crippen molar-refractivity contribution in [2.75, 3.05) is 24.0 Å². The second-order valence-corrected chi connectivity index (χ2v) is 16.5. The van der Waals surface area contributed by atoms with Gasteiger partial charge < -0.3 is 23.8 Å². The predicted molar refractivity (Wildman–Crippen MR) is 249 cm³/mol. The van der Waals surface area contributed by atoms with Gasteiger partial charge in [0.1, 0.15) is 11.5 Å². The van der Waals surface area contributed by atoms with Crippen LogP contribution in [0.5, 0.6) is 11.5 Å². The minimum absolute atomic E-state index is 0.0405. The Hall–Kier alpha value is -6.98. The minimum atomic E-state index is 0.0405. The Morgan fingerprint density at radius 2 is 0.915 bits per heavy atom. The van der Waals surface area contributed by atoms with Gasteiger partial charge in [-0.2, -0.15) is 0 Å². The molecule has 5 nitrogen and oxygen atoms in total. The molecule has 0 unspecified atom stereocenters. The van der Waals surface area contributed by atoms with Gasteiger partial charge in [0, 0.05) is 50.6 Å². The van der Waals surface area contributed by atoms with E-state index in [9.17, 15) is 0 Å². The van der Waals surface area contributed by atoms with Crippen molar-refractivity contribution >= 4 is 66.7 Å². The molecule has 0 amide bonds. The maximum Gasteiger partial charge on any atom is 0.119 e. The number of fused-ring (bicyclic) bond motifs is 4. The number of aromatic nitrogens is 1. The van der Waals surface area contributed by atoms with Gasteiger partial charge in [0.25, 0.3) is 0 Å². The number of methoxy groups -OCH3 is 2. The molecule has 0 aliphatic carbocycles. The number of aryl methyl sites for hydroxylation is 2. The minimum Gasteiger partial charge on any atom is -0.497 e. The highest BCUT2D eigenvalue weighted by atomic mass is 16.5. The van der Waals surface area contributed by atoms with Crippen LogP contribution in [0.3, 0.4) is 0 Å². The molecule has 9 aromatic rings. The van der Waals surface area contributed by atoms with Crippen LogP contribution in [0.25, 0.3) is 38.3 Å². The molecule has 59 heavy (non-hydrogen) atoms. The lowest BCUT2D eigenvalue weighted by Crippen LogP contribution is -2.11. The third kappa shape index (κ3) is 7.14. The number of benzene rings is 8. The zero-order valence-electron chi connectivity index (χ0n) is 34.8. The van der Waals surface area contributed by atoms with Gasteiger partial charge in [-0.3, -0.25) is 0 Å². The largest absolute Gasteiger partial charge is 0.497 e. The second kappa shape index (κ2) is 15.1. The summed E-state index contributed by atoms with van der Waals surface area (Å²) in [7, 11) is 3.41. The molecule has 0 saturated carbocycles. The van der Waals surface area contributed by atoms with E-state index in [0.29, 0.717) is 0 Å². The van der Waals surface area contributed by atoms with Gasteiger partial charge in [0.05, 0.1) is 25.3 Å². The summed E-state index contributed by atoms with van der Waals surface area (Å²) in [5.41, 5.74) is 13.6. The molecule has 0 fully saturated rings. The number of hydrogen-bond acceptors (Lipinski definition) is 4. The molecule has 9 rings (SSSR count). The van der Waals surface area contributed by atoms with E-state index in [2.05, 4.69) is 195 Å². The second-order valence-electron chi connectivity index (χ2n) is 16.5. The van der Waals surface area contributed by atoms with Crippen molar-refractivity contribution in [3.8, 4) is 17.2 Å². The zero-order valence-corrected chi connectivity index (χ0v) is 34.8. The van der Waals surface area contributed by atoms with Crippen LogP contribution in [0.1, 0.15) is 37.5 Å². The maximum atomic E-state index is 5.55. The smallest absolute Gasteiger partial charge is 0.119 e. The van der Waals surface area contributed by atoms with Crippen molar-refractivity contribution in [2.45, 2.75) is 40.0 Å². The lowest BCUT2D eigenvalue weighted by molar-refractivity contribution is 0.414. The van der Waals surface area contributed by atoms with E-state index in [1.165, 1.54) is 32.8 Å². The summed E-state index contributed by atoms with van der Waals surface area (Å²) in [5, 5.41) is 4.76. The van der Waals surface area contributed by atoms with Crippen molar-refractivity contribution in [1.82, 2.24) is 4.57 Å². The van der Waals surface area contributed by atoms with Gasteiger partial charge in [-0.25, -0.2) is 0 Å². The van der Waals surface area contributed by atoms with Gasteiger partial charge in [0.2, 0.25) is 0 Å². The third-order valence-electron chi connectivity index (χ3n) is 11.4. The fraction of sp³-hybridized carbons (Fsp3) is 0.148. The van der Waals surface area contributed by atoms with Gasteiger partial charge in [0.15, 0.2) is 0 Å². The molecule has 8 aromatic carbocycles. The molecule has 292 valence electrons. The van der Waals surface area contributed by atoms with E-state index < -0.39 is 0 Å². The van der Waals surface area contributed by atoms with Crippen molar-refractivity contribution in [1.29, 1.82) is 0 Å². The summed E-state index contributed by atoms with van der Waals surface area (Å²) in [4.78, 5) is 4.65. The molecular formula is C54H49N3O2. The SMILES string of the molecule is COc1ccc(N(c2cccc(C)c2)c2ccc3cc4c5ccc(N(c6ccc(OC)cc6)c6cccc(C)c6)cc5n(-c5ccc(C(C)(C)C)cc5)c4cc3c2)cc1. The first-order valence-corrected chi connectivity index (χ1v) is 20.2. The first kappa shape index (κ1) is 37.6. The third-order valence-corrected chi connectivity index (χ3v) is 11.4. The fourth-order valence-electron chi connectivity index (χ4n) is 8.29. The lowest BCUT2D eigenvalue weighted by Gasteiger charge is -2.26. The molecule has 0 spiro atoms. The van der Waals surface area contributed by atoms with Crippen LogP contribution in [-0.2, 0) is 5.41 Å². The van der Waals surface area contributed by atoms with Crippen LogP contribution < -0.4 is 19.3 Å². The molecule has 0 N–H and O–H groups in total. The van der Waals surface area contributed by atoms with E-state index in [-0.39, 0.29) is 5.41 Å². The molecule has 1 aromatic heterocycles. The number of hydrogen-bond donors (Lipinski definition) is 0. The highest BCUT2D eigenvalue weighted by Gasteiger charge is 2.21. The lowest BCUT2D eigenvalue weighted by atomic mass is 9.87. The Labute approximate surface area is 347 Å². The van der Waals surface area contributed by atoms with Crippen molar-refractivity contribution in [2.24, 2.45) is 0 Å². The standard InChI is InChI=1S/C54H49N3O2/c1-36-10-8-12-44(30-36)55(41-20-25-48(58-6)26-21-41)46-17-14-38-33-51-50-29-24-47(56(45-13-9-11-37(2)31-45)42-22-27-49(59-7)28-23-42)35-53(50)57(52(51)34-39(38)32-46)43-18-15-40(16-19-43)54(3,4)5/h8-35H,1-7H3. The normalized spacial score (nSPS) is 11.6. The van der Waals surface area contributed by atoms with E-state index in [1.807, 2.05) is 24.3 Å². The first-order chi connectivity index (χ1) is 28.6. The number of rotatable bonds is 9. The topological polar surface area (TPSA) is 29.9 Å². The molecule has 5 heteroatoms. The van der Waals surface area contributed by atoms with Crippen LogP contribution >= 0.6 is 0 Å². The van der Waals surface area contributed by atoms with Crippen LogP contribution in [0.4, 0.5) is 34.1 Å². The van der Waals surface area contributed by atoms with E-state index in [4.69, 9.17) is 9.47 Å². The van der Waals surface area contributed by atoms with Gasteiger partial charge in [-0.05, 0) is 168 Å².